The Morgan fingerprint density at radius 1 is 0.667 bits per heavy atom. The second kappa shape index (κ2) is 16.1. The second-order valence-corrected chi connectivity index (χ2v) is 13.5. The van der Waals surface area contributed by atoms with Crippen LogP contribution in [0.5, 0.6) is 0 Å². The Bertz CT molecular complexity index is 1080. The number of rotatable bonds is 7. The van der Waals surface area contributed by atoms with E-state index in [1.54, 1.807) is 4.90 Å². The molecule has 0 radical (unpaired) electrons. The lowest BCUT2D eigenvalue weighted by molar-refractivity contribution is -0.156. The van der Waals surface area contributed by atoms with Gasteiger partial charge in [-0.15, -0.1) is 0 Å². The molecular formula is C34H52N4O4. The van der Waals surface area contributed by atoms with Crippen LogP contribution in [0, 0.1) is 5.41 Å². The van der Waals surface area contributed by atoms with Gasteiger partial charge in [0.25, 0.3) is 0 Å². The minimum Gasteiger partial charge on any atom is -0.459 e. The first-order valence-electron chi connectivity index (χ1n) is 15.2. The number of carbonyl (C=O) groups excluding carboxylic acids is 2. The molecule has 0 atom stereocenters. The van der Waals surface area contributed by atoms with E-state index >= 15 is 0 Å². The minimum absolute atomic E-state index is 0.129. The fraction of sp³-hybridized carbons (Fsp3) is 0.588. The van der Waals surface area contributed by atoms with Crippen molar-refractivity contribution in [2.45, 2.75) is 60.3 Å². The molecular weight excluding hydrogens is 528 g/mol. The highest BCUT2D eigenvalue weighted by Crippen LogP contribution is 2.16. The van der Waals surface area contributed by atoms with Crippen LogP contribution < -0.4 is 0 Å². The van der Waals surface area contributed by atoms with Gasteiger partial charge in [0.2, 0.25) is 0 Å². The Kier molecular flexibility index (Phi) is 12.8. The van der Waals surface area contributed by atoms with Crippen molar-refractivity contribution in [3.8, 4) is 0 Å². The summed E-state index contributed by atoms with van der Waals surface area (Å²) in [6.07, 6.45) is -0.324. The van der Waals surface area contributed by atoms with Crippen molar-refractivity contribution in [2.24, 2.45) is 5.41 Å². The molecule has 1 heterocycles. The maximum Gasteiger partial charge on any atom is 0.410 e. The number of ether oxygens (including phenoxy) is 2. The van der Waals surface area contributed by atoms with E-state index in [0.717, 1.165) is 44.8 Å². The predicted molar refractivity (Wildman–Crippen MR) is 168 cm³/mol. The van der Waals surface area contributed by atoms with E-state index < -0.39 is 5.60 Å². The van der Waals surface area contributed by atoms with Crippen LogP contribution in [0.2, 0.25) is 0 Å². The highest BCUT2D eigenvalue weighted by molar-refractivity contribution is 5.72. The average Bonchev–Trinajstić information content (AvgIpc) is 2.91. The molecule has 0 spiro atoms. The molecule has 0 bridgehead atoms. The van der Waals surface area contributed by atoms with Crippen LogP contribution >= 0.6 is 0 Å². The molecule has 3 rings (SSSR count). The van der Waals surface area contributed by atoms with E-state index in [2.05, 4.69) is 59.7 Å². The van der Waals surface area contributed by atoms with Crippen molar-refractivity contribution in [1.29, 1.82) is 0 Å². The van der Waals surface area contributed by atoms with Crippen molar-refractivity contribution in [2.75, 3.05) is 65.4 Å². The third-order valence-corrected chi connectivity index (χ3v) is 7.02. The van der Waals surface area contributed by atoms with Gasteiger partial charge in [-0.05, 0) is 37.3 Å². The van der Waals surface area contributed by atoms with Crippen molar-refractivity contribution < 1.29 is 19.1 Å². The Balaban J connectivity index is 1.77. The first kappa shape index (κ1) is 33.6. The van der Waals surface area contributed by atoms with Gasteiger partial charge in [-0.2, -0.15) is 0 Å². The fourth-order valence-electron chi connectivity index (χ4n) is 5.07. The van der Waals surface area contributed by atoms with Gasteiger partial charge in [0.15, 0.2) is 0 Å². The van der Waals surface area contributed by atoms with E-state index in [-0.39, 0.29) is 30.6 Å². The van der Waals surface area contributed by atoms with Crippen molar-refractivity contribution in [3.63, 3.8) is 0 Å². The molecule has 42 heavy (non-hydrogen) atoms. The smallest absolute Gasteiger partial charge is 0.410 e. The maximum atomic E-state index is 13.3. The largest absolute Gasteiger partial charge is 0.459 e. The molecule has 2 aromatic carbocycles. The van der Waals surface area contributed by atoms with Gasteiger partial charge < -0.3 is 14.4 Å². The summed E-state index contributed by atoms with van der Waals surface area (Å²) in [5, 5.41) is 0. The normalized spacial score (nSPS) is 17.2. The van der Waals surface area contributed by atoms with Crippen LogP contribution in [0.1, 0.15) is 52.7 Å². The number of esters is 1. The SMILES string of the molecule is CC(C)(C)CN1CCN(Cc2ccccc2)CCN(CC(=O)OC(C)(C)C)CCN(C(=O)OCc2ccccc2)CC1. The van der Waals surface area contributed by atoms with Crippen LogP contribution in [-0.2, 0) is 27.4 Å². The Hall–Kier alpha value is -2.94. The fourth-order valence-corrected chi connectivity index (χ4v) is 5.07. The van der Waals surface area contributed by atoms with Crippen molar-refractivity contribution in [3.05, 3.63) is 71.8 Å². The van der Waals surface area contributed by atoms with Crippen molar-refractivity contribution in [1.82, 2.24) is 19.6 Å². The quantitative estimate of drug-likeness (QED) is 0.421. The molecule has 1 fully saturated rings. The number of benzene rings is 2. The van der Waals surface area contributed by atoms with E-state index in [9.17, 15) is 9.59 Å². The summed E-state index contributed by atoms with van der Waals surface area (Å²) in [6, 6.07) is 20.3. The van der Waals surface area contributed by atoms with Crippen LogP contribution in [0.3, 0.4) is 0 Å². The first-order chi connectivity index (χ1) is 19.9. The molecule has 0 aliphatic carbocycles. The number of hydrogen-bond acceptors (Lipinski definition) is 7. The van der Waals surface area contributed by atoms with E-state index in [0.29, 0.717) is 26.2 Å². The van der Waals surface area contributed by atoms with E-state index in [4.69, 9.17) is 9.47 Å². The summed E-state index contributed by atoms with van der Waals surface area (Å²) >= 11 is 0. The zero-order valence-corrected chi connectivity index (χ0v) is 26.7. The Morgan fingerprint density at radius 2 is 1.17 bits per heavy atom. The highest BCUT2D eigenvalue weighted by atomic mass is 16.6. The molecule has 0 saturated carbocycles. The number of hydrogen-bond donors (Lipinski definition) is 0. The zero-order valence-electron chi connectivity index (χ0n) is 26.7. The minimum atomic E-state index is -0.549. The Labute approximate surface area is 253 Å². The van der Waals surface area contributed by atoms with Gasteiger partial charge in [0, 0.05) is 65.4 Å². The summed E-state index contributed by atoms with van der Waals surface area (Å²) in [5.74, 6) is -0.251. The average molecular weight is 581 g/mol. The number of amides is 1. The molecule has 8 nitrogen and oxygen atoms in total. The topological polar surface area (TPSA) is 65.6 Å². The van der Waals surface area contributed by atoms with Gasteiger partial charge in [-0.1, -0.05) is 81.4 Å². The standard InChI is InChI=1S/C34H52N4O4/c1-33(2,3)28-37-20-19-35(25-29-13-9-7-10-14-29)17-18-36(26-31(39)42-34(4,5)6)21-23-38(24-22-37)32(40)41-27-30-15-11-8-12-16-30/h7-16H,17-28H2,1-6H3. The molecule has 1 amide bonds. The maximum absolute atomic E-state index is 13.3. The molecule has 1 aliphatic heterocycles. The Morgan fingerprint density at radius 3 is 1.74 bits per heavy atom. The summed E-state index contributed by atoms with van der Waals surface area (Å²) in [7, 11) is 0. The summed E-state index contributed by atoms with van der Waals surface area (Å²) in [6.45, 7) is 20.2. The third kappa shape index (κ3) is 13.4. The number of nitrogens with zero attached hydrogens (tertiary/aromatic N) is 4. The van der Waals surface area contributed by atoms with Crippen LogP contribution in [0.25, 0.3) is 0 Å². The molecule has 1 saturated heterocycles. The molecule has 2 aromatic rings. The molecule has 0 aromatic heterocycles. The van der Waals surface area contributed by atoms with Gasteiger partial charge in [-0.3, -0.25) is 19.5 Å². The molecule has 0 unspecified atom stereocenters. The van der Waals surface area contributed by atoms with Gasteiger partial charge in [0.05, 0.1) is 6.54 Å². The molecule has 232 valence electrons. The van der Waals surface area contributed by atoms with Crippen LogP contribution in [-0.4, -0.2) is 103 Å². The van der Waals surface area contributed by atoms with E-state index in [1.807, 2.05) is 57.2 Å². The van der Waals surface area contributed by atoms with Crippen molar-refractivity contribution >= 4 is 12.1 Å². The third-order valence-electron chi connectivity index (χ3n) is 7.02. The van der Waals surface area contributed by atoms with Gasteiger partial charge in [0.1, 0.15) is 12.2 Å². The molecule has 0 N–H and O–H groups in total. The second-order valence-electron chi connectivity index (χ2n) is 13.5. The summed E-state index contributed by atoms with van der Waals surface area (Å²) in [5.41, 5.74) is 1.81. The zero-order chi connectivity index (χ0) is 30.6. The lowest BCUT2D eigenvalue weighted by Crippen LogP contribution is -2.49. The highest BCUT2D eigenvalue weighted by Gasteiger charge is 2.25. The predicted octanol–water partition coefficient (Wildman–Crippen LogP) is 5.13. The summed E-state index contributed by atoms with van der Waals surface area (Å²) in [4.78, 5) is 35.0. The number of carbonyl (C=O) groups is 2. The van der Waals surface area contributed by atoms with Crippen LogP contribution in [0.4, 0.5) is 4.79 Å². The van der Waals surface area contributed by atoms with E-state index in [1.165, 1.54) is 5.56 Å². The first-order valence-corrected chi connectivity index (χ1v) is 15.2. The van der Waals surface area contributed by atoms with Gasteiger partial charge in [-0.25, -0.2) is 4.79 Å². The monoisotopic (exact) mass is 580 g/mol. The van der Waals surface area contributed by atoms with Crippen LogP contribution in [0.15, 0.2) is 60.7 Å². The molecule has 8 heteroatoms. The molecule has 1 aliphatic rings. The lowest BCUT2D eigenvalue weighted by Gasteiger charge is -2.36. The lowest BCUT2D eigenvalue weighted by atomic mass is 9.96. The summed E-state index contributed by atoms with van der Waals surface area (Å²) < 4.78 is 11.4. The van der Waals surface area contributed by atoms with Gasteiger partial charge >= 0.3 is 12.1 Å².